The third-order valence-electron chi connectivity index (χ3n) is 4.04. The van der Waals surface area contributed by atoms with Crippen molar-refractivity contribution in [1.82, 2.24) is 15.1 Å². The molecule has 5 heteroatoms. The summed E-state index contributed by atoms with van der Waals surface area (Å²) in [5.74, 6) is 0.950. The van der Waals surface area contributed by atoms with E-state index in [1.165, 1.54) is 12.8 Å². The van der Waals surface area contributed by atoms with E-state index in [9.17, 15) is 4.79 Å². The normalized spacial score (nSPS) is 21.2. The molecule has 104 valence electrons. The zero-order chi connectivity index (χ0) is 13.1. The van der Waals surface area contributed by atoms with Gasteiger partial charge in [0, 0.05) is 19.6 Å². The molecular weight excluding hydrogens is 242 g/mol. The molecule has 1 aromatic rings. The van der Waals surface area contributed by atoms with Gasteiger partial charge in [0.2, 0.25) is 0 Å². The van der Waals surface area contributed by atoms with Gasteiger partial charge in [-0.05, 0) is 44.5 Å². The van der Waals surface area contributed by atoms with E-state index in [4.69, 9.17) is 4.42 Å². The minimum absolute atomic E-state index is 0.0574. The highest BCUT2D eigenvalue weighted by Crippen LogP contribution is 2.25. The van der Waals surface area contributed by atoms with Crippen LogP contribution >= 0.6 is 0 Å². The van der Waals surface area contributed by atoms with Crippen molar-refractivity contribution in [2.75, 3.05) is 32.7 Å². The molecule has 2 aliphatic heterocycles. The van der Waals surface area contributed by atoms with Crippen LogP contribution in [0.3, 0.4) is 0 Å². The Bertz CT molecular complexity index is 408. The topological polar surface area (TPSA) is 48.7 Å². The molecule has 1 N–H and O–H groups in total. The number of carbonyl (C=O) groups is 1. The standard InChI is InChI=1S/C14H21N3O2/c18-14(17-8-4-9-17)15-11-12(13-5-3-10-19-13)16-6-1-2-7-16/h3,5,10,12H,1-2,4,6-9,11H2,(H,15,18)/t12-/m0/s1. The molecular formula is C14H21N3O2. The molecule has 2 saturated heterocycles. The molecule has 3 rings (SSSR count). The van der Waals surface area contributed by atoms with E-state index in [0.717, 1.165) is 38.4 Å². The van der Waals surface area contributed by atoms with Crippen LogP contribution in [0.15, 0.2) is 22.8 Å². The minimum atomic E-state index is 0.0574. The van der Waals surface area contributed by atoms with Crippen LogP contribution in [-0.2, 0) is 0 Å². The fraction of sp³-hybridized carbons (Fsp3) is 0.643. The van der Waals surface area contributed by atoms with Gasteiger partial charge in [-0.1, -0.05) is 0 Å². The van der Waals surface area contributed by atoms with E-state index >= 15 is 0 Å². The fourth-order valence-corrected chi connectivity index (χ4v) is 2.76. The van der Waals surface area contributed by atoms with E-state index in [1.54, 1.807) is 6.26 Å². The Morgan fingerprint density at radius 3 is 2.63 bits per heavy atom. The number of urea groups is 1. The lowest BCUT2D eigenvalue weighted by atomic mass is 10.2. The Kier molecular flexibility index (Phi) is 3.73. The molecule has 0 saturated carbocycles. The highest BCUT2D eigenvalue weighted by Gasteiger charge is 2.27. The van der Waals surface area contributed by atoms with Crippen LogP contribution in [0.4, 0.5) is 4.79 Å². The fourth-order valence-electron chi connectivity index (χ4n) is 2.76. The number of amides is 2. The second-order valence-electron chi connectivity index (χ2n) is 5.30. The summed E-state index contributed by atoms with van der Waals surface area (Å²) in [6.45, 7) is 4.58. The number of hydrogen-bond acceptors (Lipinski definition) is 3. The highest BCUT2D eigenvalue weighted by atomic mass is 16.3. The monoisotopic (exact) mass is 263 g/mol. The summed E-state index contributed by atoms with van der Waals surface area (Å²) in [7, 11) is 0. The van der Waals surface area contributed by atoms with Crippen molar-refractivity contribution < 1.29 is 9.21 Å². The summed E-state index contributed by atoms with van der Waals surface area (Å²) in [6, 6.07) is 4.14. The lowest BCUT2D eigenvalue weighted by molar-refractivity contribution is 0.158. The molecule has 19 heavy (non-hydrogen) atoms. The van der Waals surface area contributed by atoms with E-state index in [-0.39, 0.29) is 12.1 Å². The number of nitrogens with one attached hydrogen (secondary N) is 1. The smallest absolute Gasteiger partial charge is 0.317 e. The van der Waals surface area contributed by atoms with E-state index in [2.05, 4.69) is 10.2 Å². The van der Waals surface area contributed by atoms with E-state index < -0.39 is 0 Å². The van der Waals surface area contributed by atoms with Crippen LogP contribution in [0.1, 0.15) is 31.1 Å². The zero-order valence-corrected chi connectivity index (χ0v) is 11.2. The Labute approximate surface area is 113 Å². The average Bonchev–Trinajstić information content (AvgIpc) is 2.98. The minimum Gasteiger partial charge on any atom is -0.468 e. The van der Waals surface area contributed by atoms with E-state index in [1.807, 2.05) is 17.0 Å². The maximum atomic E-state index is 11.9. The molecule has 0 radical (unpaired) electrons. The highest BCUT2D eigenvalue weighted by molar-refractivity contribution is 5.74. The summed E-state index contributed by atoms with van der Waals surface area (Å²) in [5.41, 5.74) is 0. The number of hydrogen-bond donors (Lipinski definition) is 1. The first kappa shape index (κ1) is 12.5. The second-order valence-corrected chi connectivity index (χ2v) is 5.30. The van der Waals surface area contributed by atoms with Gasteiger partial charge in [-0.2, -0.15) is 0 Å². The van der Waals surface area contributed by atoms with Crippen molar-refractivity contribution >= 4 is 6.03 Å². The van der Waals surface area contributed by atoms with Gasteiger partial charge >= 0.3 is 6.03 Å². The Morgan fingerprint density at radius 1 is 1.26 bits per heavy atom. The van der Waals surface area contributed by atoms with Crippen LogP contribution in [0, 0.1) is 0 Å². The van der Waals surface area contributed by atoms with Crippen molar-refractivity contribution in [3.63, 3.8) is 0 Å². The molecule has 0 aliphatic carbocycles. The average molecular weight is 263 g/mol. The molecule has 1 atom stereocenters. The predicted octanol–water partition coefficient (Wildman–Crippen LogP) is 1.83. The first-order chi connectivity index (χ1) is 9.34. The molecule has 0 spiro atoms. The van der Waals surface area contributed by atoms with Gasteiger partial charge in [0.1, 0.15) is 5.76 Å². The number of furan rings is 1. The van der Waals surface area contributed by atoms with Gasteiger partial charge < -0.3 is 14.6 Å². The largest absolute Gasteiger partial charge is 0.468 e. The maximum absolute atomic E-state index is 11.9. The van der Waals surface area contributed by atoms with Crippen LogP contribution in [0.5, 0.6) is 0 Å². The molecule has 2 fully saturated rings. The Hall–Kier alpha value is -1.49. The van der Waals surface area contributed by atoms with Gasteiger partial charge in [0.05, 0.1) is 12.3 Å². The molecule has 5 nitrogen and oxygen atoms in total. The zero-order valence-electron chi connectivity index (χ0n) is 11.2. The lowest BCUT2D eigenvalue weighted by Gasteiger charge is -2.32. The van der Waals surface area contributed by atoms with Crippen LogP contribution in [-0.4, -0.2) is 48.6 Å². The van der Waals surface area contributed by atoms with Crippen molar-refractivity contribution in [2.45, 2.75) is 25.3 Å². The van der Waals surface area contributed by atoms with Crippen molar-refractivity contribution in [3.8, 4) is 0 Å². The van der Waals surface area contributed by atoms with Gasteiger partial charge in [-0.25, -0.2) is 4.79 Å². The molecule has 0 unspecified atom stereocenters. The lowest BCUT2D eigenvalue weighted by Crippen LogP contribution is -2.49. The number of nitrogens with zero attached hydrogens (tertiary/aromatic N) is 2. The van der Waals surface area contributed by atoms with Crippen molar-refractivity contribution in [1.29, 1.82) is 0 Å². The molecule has 3 heterocycles. The Balaban J connectivity index is 1.60. The summed E-state index contributed by atoms with van der Waals surface area (Å²) < 4.78 is 5.53. The number of carbonyl (C=O) groups excluding carboxylic acids is 1. The molecule has 0 bridgehead atoms. The third-order valence-corrected chi connectivity index (χ3v) is 4.04. The first-order valence-corrected chi connectivity index (χ1v) is 7.15. The van der Waals surface area contributed by atoms with Crippen LogP contribution in [0.2, 0.25) is 0 Å². The van der Waals surface area contributed by atoms with Crippen LogP contribution in [0.25, 0.3) is 0 Å². The first-order valence-electron chi connectivity index (χ1n) is 7.15. The number of rotatable bonds is 4. The number of likely N-dealkylation sites (tertiary alicyclic amines) is 2. The van der Waals surface area contributed by atoms with Gasteiger partial charge in [-0.3, -0.25) is 4.90 Å². The molecule has 0 aromatic carbocycles. The summed E-state index contributed by atoms with van der Waals surface area (Å²) in [4.78, 5) is 16.1. The van der Waals surface area contributed by atoms with Gasteiger partial charge in [-0.15, -0.1) is 0 Å². The van der Waals surface area contributed by atoms with Gasteiger partial charge in [0.25, 0.3) is 0 Å². The van der Waals surface area contributed by atoms with Crippen LogP contribution < -0.4 is 5.32 Å². The molecule has 2 aliphatic rings. The summed E-state index contributed by atoms with van der Waals surface area (Å²) in [5, 5.41) is 3.04. The molecule has 1 aromatic heterocycles. The quantitative estimate of drug-likeness (QED) is 0.901. The van der Waals surface area contributed by atoms with Crippen molar-refractivity contribution in [2.24, 2.45) is 0 Å². The van der Waals surface area contributed by atoms with E-state index in [0.29, 0.717) is 6.54 Å². The van der Waals surface area contributed by atoms with Crippen molar-refractivity contribution in [3.05, 3.63) is 24.2 Å². The second kappa shape index (κ2) is 5.65. The van der Waals surface area contributed by atoms with Gasteiger partial charge in [0.15, 0.2) is 0 Å². The third kappa shape index (κ3) is 2.76. The summed E-state index contributed by atoms with van der Waals surface area (Å²) in [6.07, 6.45) is 5.30. The maximum Gasteiger partial charge on any atom is 0.317 e. The summed E-state index contributed by atoms with van der Waals surface area (Å²) >= 11 is 0. The predicted molar refractivity (Wildman–Crippen MR) is 71.8 cm³/mol. The SMILES string of the molecule is O=C(NC[C@@H](c1ccco1)N1CCCC1)N1CCC1. The Morgan fingerprint density at radius 2 is 2.05 bits per heavy atom. The molecule has 2 amide bonds.